The number of hydrogen-bond donors (Lipinski definition) is 1. The Hall–Kier alpha value is -1.81. The van der Waals surface area contributed by atoms with Crippen LogP contribution < -0.4 is 10.5 Å². The molecule has 2 N–H and O–H groups in total. The first-order valence-electron chi connectivity index (χ1n) is 4.71. The lowest BCUT2D eigenvalue weighted by atomic mass is 10.2. The molecule has 2 aromatic rings. The minimum absolute atomic E-state index is 0.335. The average Bonchev–Trinajstić information content (AvgIpc) is 2.76. The van der Waals surface area contributed by atoms with E-state index in [1.54, 1.807) is 6.07 Å². The lowest BCUT2D eigenvalue weighted by molar-refractivity contribution is 0.266. The second-order valence-electron chi connectivity index (χ2n) is 3.11. The van der Waals surface area contributed by atoms with Gasteiger partial charge in [-0.2, -0.15) is 0 Å². The topological polar surface area (TPSA) is 61.3 Å². The zero-order chi connectivity index (χ0) is 10.5. The van der Waals surface area contributed by atoms with E-state index in [2.05, 4.69) is 5.16 Å². The molecule has 0 atom stereocenters. The standard InChI is InChI=1S/C11H12N2O2/c12-7-10-6-11(13-15-10)14-8-9-4-2-1-3-5-9/h1-6H,7-8,12H2. The molecule has 0 bridgehead atoms. The number of nitrogens with two attached hydrogens (primary N) is 1. The van der Waals surface area contributed by atoms with Gasteiger partial charge in [0.05, 0.1) is 6.54 Å². The molecule has 0 aliphatic carbocycles. The Balaban J connectivity index is 1.93. The summed E-state index contributed by atoms with van der Waals surface area (Å²) in [6.07, 6.45) is 0. The van der Waals surface area contributed by atoms with Crippen LogP contribution in [0.15, 0.2) is 40.9 Å². The summed E-state index contributed by atoms with van der Waals surface area (Å²) >= 11 is 0. The normalized spacial score (nSPS) is 10.2. The minimum Gasteiger partial charge on any atom is -0.471 e. The first-order valence-corrected chi connectivity index (χ1v) is 4.71. The van der Waals surface area contributed by atoms with E-state index in [1.165, 1.54) is 0 Å². The lowest BCUT2D eigenvalue weighted by Crippen LogP contribution is -1.95. The van der Waals surface area contributed by atoms with Crippen LogP contribution >= 0.6 is 0 Å². The van der Waals surface area contributed by atoms with E-state index < -0.39 is 0 Å². The number of aromatic nitrogens is 1. The number of ether oxygens (including phenoxy) is 1. The molecule has 0 unspecified atom stereocenters. The van der Waals surface area contributed by atoms with E-state index in [1.807, 2.05) is 30.3 Å². The quantitative estimate of drug-likeness (QED) is 0.823. The van der Waals surface area contributed by atoms with Crippen molar-refractivity contribution < 1.29 is 9.26 Å². The van der Waals surface area contributed by atoms with Gasteiger partial charge in [-0.15, -0.1) is 0 Å². The number of rotatable bonds is 4. The van der Waals surface area contributed by atoms with Gasteiger partial charge in [-0.3, -0.25) is 0 Å². The van der Waals surface area contributed by atoms with Gasteiger partial charge in [0.25, 0.3) is 5.88 Å². The van der Waals surface area contributed by atoms with Crippen molar-refractivity contribution in [1.82, 2.24) is 5.16 Å². The largest absolute Gasteiger partial charge is 0.471 e. The van der Waals surface area contributed by atoms with E-state index in [0.29, 0.717) is 24.8 Å². The van der Waals surface area contributed by atoms with Crippen LogP contribution in [-0.4, -0.2) is 5.16 Å². The molecule has 0 radical (unpaired) electrons. The van der Waals surface area contributed by atoms with Gasteiger partial charge in [0.2, 0.25) is 0 Å². The van der Waals surface area contributed by atoms with Crippen LogP contribution in [0.3, 0.4) is 0 Å². The molecule has 0 aliphatic heterocycles. The molecule has 0 aliphatic rings. The second-order valence-corrected chi connectivity index (χ2v) is 3.11. The van der Waals surface area contributed by atoms with Gasteiger partial charge in [0.15, 0.2) is 5.76 Å². The Morgan fingerprint density at radius 1 is 1.27 bits per heavy atom. The molecular formula is C11H12N2O2. The first kappa shape index (κ1) is 9.73. The molecular weight excluding hydrogens is 192 g/mol. The van der Waals surface area contributed by atoms with E-state index >= 15 is 0 Å². The van der Waals surface area contributed by atoms with Gasteiger partial charge >= 0.3 is 0 Å². The average molecular weight is 204 g/mol. The van der Waals surface area contributed by atoms with Gasteiger partial charge in [-0.25, -0.2) is 0 Å². The highest BCUT2D eigenvalue weighted by Crippen LogP contribution is 2.12. The third-order valence-corrected chi connectivity index (χ3v) is 1.97. The summed E-state index contributed by atoms with van der Waals surface area (Å²) in [5.41, 5.74) is 6.47. The fourth-order valence-electron chi connectivity index (χ4n) is 1.19. The molecule has 1 aromatic heterocycles. The molecule has 4 nitrogen and oxygen atoms in total. The maximum atomic E-state index is 5.41. The van der Waals surface area contributed by atoms with Crippen molar-refractivity contribution in [2.24, 2.45) is 5.73 Å². The highest BCUT2D eigenvalue weighted by molar-refractivity contribution is 5.16. The lowest BCUT2D eigenvalue weighted by Gasteiger charge is -2.00. The Bertz CT molecular complexity index is 412. The third-order valence-electron chi connectivity index (χ3n) is 1.97. The van der Waals surface area contributed by atoms with Gasteiger partial charge in [-0.05, 0) is 10.7 Å². The summed E-state index contributed by atoms with van der Waals surface area (Å²) in [4.78, 5) is 0. The number of nitrogens with zero attached hydrogens (tertiary/aromatic N) is 1. The molecule has 0 fully saturated rings. The highest BCUT2D eigenvalue weighted by atomic mass is 16.5. The van der Waals surface area contributed by atoms with Crippen molar-refractivity contribution in [3.63, 3.8) is 0 Å². The zero-order valence-electron chi connectivity index (χ0n) is 8.22. The maximum absolute atomic E-state index is 5.41. The fraction of sp³-hybridized carbons (Fsp3) is 0.182. The van der Waals surface area contributed by atoms with Gasteiger partial charge < -0.3 is 15.0 Å². The first-order chi connectivity index (χ1) is 7.38. The molecule has 4 heteroatoms. The second kappa shape index (κ2) is 4.61. The summed E-state index contributed by atoms with van der Waals surface area (Å²) < 4.78 is 10.3. The van der Waals surface area contributed by atoms with Crippen LogP contribution in [0.1, 0.15) is 11.3 Å². The summed E-state index contributed by atoms with van der Waals surface area (Å²) in [5, 5.41) is 3.72. The predicted octanol–water partition coefficient (Wildman–Crippen LogP) is 1.71. The van der Waals surface area contributed by atoms with Gasteiger partial charge in [0, 0.05) is 6.07 Å². The molecule has 1 heterocycles. The van der Waals surface area contributed by atoms with Crippen LogP contribution in [0.5, 0.6) is 5.88 Å². The molecule has 0 saturated carbocycles. The molecule has 0 amide bonds. The third kappa shape index (κ3) is 2.57. The Kier molecular flexibility index (Phi) is 2.99. The van der Waals surface area contributed by atoms with Crippen LogP contribution in [0.25, 0.3) is 0 Å². The van der Waals surface area contributed by atoms with Crippen LogP contribution in [0, 0.1) is 0 Å². The monoisotopic (exact) mass is 204 g/mol. The Morgan fingerprint density at radius 3 is 2.73 bits per heavy atom. The molecule has 1 aromatic carbocycles. The van der Waals surface area contributed by atoms with Crippen molar-refractivity contribution in [2.45, 2.75) is 13.2 Å². The summed E-state index contributed by atoms with van der Waals surface area (Å²) in [7, 11) is 0. The summed E-state index contributed by atoms with van der Waals surface area (Å²) in [5.74, 6) is 1.09. The smallest absolute Gasteiger partial charge is 0.254 e. The van der Waals surface area contributed by atoms with Crippen LogP contribution in [-0.2, 0) is 13.2 Å². The van der Waals surface area contributed by atoms with E-state index in [0.717, 1.165) is 5.56 Å². The highest BCUT2D eigenvalue weighted by Gasteiger charge is 2.02. The Labute approximate surface area is 87.6 Å². The summed E-state index contributed by atoms with van der Waals surface area (Å²) in [6.45, 7) is 0.819. The van der Waals surface area contributed by atoms with Gasteiger partial charge in [0.1, 0.15) is 6.61 Å². The van der Waals surface area contributed by atoms with E-state index in [4.69, 9.17) is 15.0 Å². The van der Waals surface area contributed by atoms with Crippen LogP contribution in [0.4, 0.5) is 0 Å². The van der Waals surface area contributed by atoms with Crippen molar-refractivity contribution >= 4 is 0 Å². The minimum atomic E-state index is 0.335. The van der Waals surface area contributed by atoms with Crippen molar-refractivity contribution in [3.8, 4) is 5.88 Å². The van der Waals surface area contributed by atoms with Gasteiger partial charge in [-0.1, -0.05) is 30.3 Å². The summed E-state index contributed by atoms with van der Waals surface area (Å²) in [6, 6.07) is 11.6. The molecule has 0 saturated heterocycles. The van der Waals surface area contributed by atoms with Crippen molar-refractivity contribution in [3.05, 3.63) is 47.7 Å². The fourth-order valence-corrected chi connectivity index (χ4v) is 1.19. The van der Waals surface area contributed by atoms with E-state index in [-0.39, 0.29) is 0 Å². The van der Waals surface area contributed by atoms with Crippen molar-refractivity contribution in [1.29, 1.82) is 0 Å². The molecule has 2 rings (SSSR count). The maximum Gasteiger partial charge on any atom is 0.254 e. The van der Waals surface area contributed by atoms with E-state index in [9.17, 15) is 0 Å². The van der Waals surface area contributed by atoms with Crippen molar-refractivity contribution in [2.75, 3.05) is 0 Å². The Morgan fingerprint density at radius 2 is 2.07 bits per heavy atom. The SMILES string of the molecule is NCc1cc(OCc2ccccc2)no1. The molecule has 78 valence electrons. The van der Waals surface area contributed by atoms with Crippen LogP contribution in [0.2, 0.25) is 0 Å². The predicted molar refractivity (Wildman–Crippen MR) is 55.2 cm³/mol. The number of benzene rings is 1. The number of hydrogen-bond acceptors (Lipinski definition) is 4. The molecule has 0 spiro atoms. The zero-order valence-corrected chi connectivity index (χ0v) is 8.22. The molecule has 15 heavy (non-hydrogen) atoms.